The van der Waals surface area contributed by atoms with E-state index in [0.29, 0.717) is 17.7 Å². The molecule has 0 saturated heterocycles. The van der Waals surface area contributed by atoms with Crippen LogP contribution in [0.25, 0.3) is 11.4 Å². The summed E-state index contributed by atoms with van der Waals surface area (Å²) in [5.41, 5.74) is 4.45. The fourth-order valence-corrected chi connectivity index (χ4v) is 3.14. The van der Waals surface area contributed by atoms with E-state index in [2.05, 4.69) is 27.6 Å². The molecule has 0 aliphatic rings. The van der Waals surface area contributed by atoms with Crippen LogP contribution in [-0.4, -0.2) is 20.7 Å². The van der Waals surface area contributed by atoms with E-state index in [-0.39, 0.29) is 11.9 Å². The van der Waals surface area contributed by atoms with E-state index < -0.39 is 0 Å². The molecule has 1 amide bonds. The Morgan fingerprint density at radius 2 is 1.70 bits per heavy atom. The Labute approximate surface area is 164 Å². The Balaban J connectivity index is 1.65. The van der Waals surface area contributed by atoms with Crippen LogP contribution < -0.4 is 5.32 Å². The molecule has 1 aromatic heterocycles. The number of nitrogens with one attached hydrogen (secondary N) is 2. The van der Waals surface area contributed by atoms with Crippen LogP contribution in [0.3, 0.4) is 0 Å². The average Bonchev–Trinajstić information content (AvgIpc) is 3.01. The van der Waals surface area contributed by atoms with Gasteiger partial charge in [0.05, 0.1) is 6.04 Å². The van der Waals surface area contributed by atoms with Gasteiger partial charge in [-0.25, -0.2) is 0 Å². The van der Waals surface area contributed by atoms with Gasteiger partial charge in [0.15, 0.2) is 10.6 Å². The van der Waals surface area contributed by atoms with Crippen molar-refractivity contribution in [1.82, 2.24) is 20.1 Å². The maximum Gasteiger partial charge on any atom is 0.222 e. The molecular formula is C21H24N4OS. The van der Waals surface area contributed by atoms with Gasteiger partial charge in [-0.05, 0) is 38.6 Å². The molecule has 27 heavy (non-hydrogen) atoms. The van der Waals surface area contributed by atoms with E-state index in [1.165, 1.54) is 11.1 Å². The fourth-order valence-electron chi connectivity index (χ4n) is 2.91. The number of hydrogen-bond donors (Lipinski definition) is 2. The van der Waals surface area contributed by atoms with Crippen LogP contribution in [-0.2, 0) is 11.3 Å². The fraction of sp³-hybridized carbons (Fsp3) is 0.286. The highest BCUT2D eigenvalue weighted by molar-refractivity contribution is 7.71. The van der Waals surface area contributed by atoms with Gasteiger partial charge in [0.1, 0.15) is 0 Å². The highest BCUT2D eigenvalue weighted by Crippen LogP contribution is 2.18. The third-order valence-electron chi connectivity index (χ3n) is 4.59. The highest BCUT2D eigenvalue weighted by Gasteiger charge is 2.13. The Hall–Kier alpha value is -2.73. The molecule has 3 aromatic rings. The minimum Gasteiger partial charge on any atom is -0.350 e. The van der Waals surface area contributed by atoms with Crippen molar-refractivity contribution in [2.24, 2.45) is 0 Å². The second-order valence-electron chi connectivity index (χ2n) is 6.82. The van der Waals surface area contributed by atoms with Gasteiger partial charge >= 0.3 is 0 Å². The standard InChI is InChI=1S/C21H24N4OS/c1-14-4-8-17(9-5-14)16(3)22-19(26)12-13-25-20(23-24-21(25)27)18-10-6-15(2)7-11-18/h4-11,16H,12-13H2,1-3H3,(H,22,26)(H,24,27). The van der Waals surface area contributed by atoms with Crippen LogP contribution in [0.2, 0.25) is 0 Å². The van der Waals surface area contributed by atoms with Crippen LogP contribution in [0.5, 0.6) is 0 Å². The zero-order valence-corrected chi connectivity index (χ0v) is 16.6. The van der Waals surface area contributed by atoms with Crippen LogP contribution in [0.1, 0.15) is 36.1 Å². The van der Waals surface area contributed by atoms with Gasteiger partial charge in [0.25, 0.3) is 0 Å². The zero-order valence-electron chi connectivity index (χ0n) is 15.8. The largest absolute Gasteiger partial charge is 0.350 e. The molecule has 0 aliphatic carbocycles. The molecule has 140 valence electrons. The zero-order chi connectivity index (χ0) is 19.4. The second-order valence-corrected chi connectivity index (χ2v) is 7.21. The molecule has 0 bridgehead atoms. The molecule has 0 radical (unpaired) electrons. The quantitative estimate of drug-likeness (QED) is 0.619. The van der Waals surface area contributed by atoms with E-state index in [1.54, 1.807) is 0 Å². The Bertz CT molecular complexity index is 971. The van der Waals surface area contributed by atoms with Crippen LogP contribution in [0, 0.1) is 18.6 Å². The molecule has 1 heterocycles. The van der Waals surface area contributed by atoms with E-state index in [9.17, 15) is 4.79 Å². The number of benzene rings is 2. The number of hydrogen-bond acceptors (Lipinski definition) is 3. The summed E-state index contributed by atoms with van der Waals surface area (Å²) in [6.45, 7) is 6.56. The van der Waals surface area contributed by atoms with Gasteiger partial charge in [-0.2, -0.15) is 5.10 Å². The maximum absolute atomic E-state index is 12.4. The maximum atomic E-state index is 12.4. The summed E-state index contributed by atoms with van der Waals surface area (Å²) in [7, 11) is 0. The second kappa shape index (κ2) is 8.31. The summed E-state index contributed by atoms with van der Waals surface area (Å²) < 4.78 is 2.39. The van der Waals surface area contributed by atoms with E-state index >= 15 is 0 Å². The third-order valence-corrected chi connectivity index (χ3v) is 4.90. The third kappa shape index (κ3) is 4.71. The Morgan fingerprint density at radius 1 is 1.11 bits per heavy atom. The van der Waals surface area contributed by atoms with Crippen LogP contribution >= 0.6 is 12.2 Å². The molecule has 1 unspecified atom stereocenters. The number of aromatic amines is 1. The Morgan fingerprint density at radius 3 is 2.33 bits per heavy atom. The first-order chi connectivity index (χ1) is 12.9. The summed E-state index contributed by atoms with van der Waals surface area (Å²) in [5, 5.41) is 10.2. The summed E-state index contributed by atoms with van der Waals surface area (Å²) >= 11 is 5.34. The molecule has 0 spiro atoms. The molecule has 3 rings (SSSR count). The topological polar surface area (TPSA) is 62.7 Å². The summed E-state index contributed by atoms with van der Waals surface area (Å²) in [6.07, 6.45) is 0.336. The lowest BCUT2D eigenvalue weighted by Gasteiger charge is -2.15. The van der Waals surface area contributed by atoms with Crippen molar-refractivity contribution in [2.75, 3.05) is 0 Å². The number of carbonyl (C=O) groups excluding carboxylic acids is 1. The lowest BCUT2D eigenvalue weighted by Crippen LogP contribution is -2.27. The smallest absolute Gasteiger partial charge is 0.222 e. The van der Waals surface area contributed by atoms with Gasteiger partial charge in [-0.1, -0.05) is 59.7 Å². The highest BCUT2D eigenvalue weighted by atomic mass is 32.1. The van der Waals surface area contributed by atoms with Gasteiger partial charge < -0.3 is 5.32 Å². The van der Waals surface area contributed by atoms with Gasteiger partial charge in [-0.3, -0.25) is 14.5 Å². The van der Waals surface area contributed by atoms with Crippen molar-refractivity contribution >= 4 is 18.1 Å². The van der Waals surface area contributed by atoms with Crippen molar-refractivity contribution in [3.05, 3.63) is 70.0 Å². The Kier molecular flexibility index (Phi) is 5.86. The van der Waals surface area contributed by atoms with E-state index in [0.717, 1.165) is 17.0 Å². The molecule has 1 atom stereocenters. The number of aromatic nitrogens is 3. The minimum atomic E-state index is -0.0352. The lowest BCUT2D eigenvalue weighted by molar-refractivity contribution is -0.121. The molecule has 2 N–H and O–H groups in total. The lowest BCUT2D eigenvalue weighted by atomic mass is 10.1. The average molecular weight is 381 g/mol. The van der Waals surface area contributed by atoms with Crippen molar-refractivity contribution in [3.63, 3.8) is 0 Å². The summed E-state index contributed by atoms with van der Waals surface area (Å²) in [5.74, 6) is 0.736. The van der Waals surface area contributed by atoms with Crippen molar-refractivity contribution < 1.29 is 4.79 Å². The number of rotatable bonds is 6. The first-order valence-electron chi connectivity index (χ1n) is 9.02. The molecule has 0 aliphatic heterocycles. The first kappa shape index (κ1) is 19.0. The molecular weight excluding hydrogens is 356 g/mol. The number of amides is 1. The molecule has 5 nitrogen and oxygen atoms in total. The molecule has 2 aromatic carbocycles. The number of nitrogens with zero attached hydrogens (tertiary/aromatic N) is 2. The van der Waals surface area contributed by atoms with E-state index in [1.807, 2.05) is 61.7 Å². The number of aryl methyl sites for hydroxylation is 2. The van der Waals surface area contributed by atoms with Crippen molar-refractivity contribution in [3.8, 4) is 11.4 Å². The number of H-pyrrole nitrogens is 1. The molecule has 6 heteroatoms. The molecule has 0 fully saturated rings. The predicted octanol–water partition coefficient (Wildman–Crippen LogP) is 4.49. The minimum absolute atomic E-state index is 0.0129. The SMILES string of the molecule is Cc1ccc(-c2n[nH]c(=S)n2CCC(=O)NC(C)c2ccc(C)cc2)cc1. The first-order valence-corrected chi connectivity index (χ1v) is 9.43. The van der Waals surface area contributed by atoms with Crippen LogP contribution in [0.4, 0.5) is 0 Å². The van der Waals surface area contributed by atoms with Crippen molar-refractivity contribution in [2.45, 2.75) is 39.8 Å². The predicted molar refractivity (Wildman–Crippen MR) is 110 cm³/mol. The van der Waals surface area contributed by atoms with Crippen molar-refractivity contribution in [1.29, 1.82) is 0 Å². The normalized spacial score (nSPS) is 12.0. The van der Waals surface area contributed by atoms with Gasteiger partial charge in [0.2, 0.25) is 5.91 Å². The monoisotopic (exact) mass is 380 g/mol. The van der Waals surface area contributed by atoms with E-state index in [4.69, 9.17) is 12.2 Å². The molecule has 0 saturated carbocycles. The number of carbonyl (C=O) groups is 1. The summed E-state index contributed by atoms with van der Waals surface area (Å²) in [6, 6.07) is 16.2. The van der Waals surface area contributed by atoms with Gasteiger partial charge in [-0.15, -0.1) is 0 Å². The van der Waals surface area contributed by atoms with Crippen LogP contribution in [0.15, 0.2) is 48.5 Å². The van der Waals surface area contributed by atoms with Gasteiger partial charge in [0, 0.05) is 18.5 Å². The summed E-state index contributed by atoms with van der Waals surface area (Å²) in [4.78, 5) is 12.4.